The molecule has 1 aromatic heterocycles. The molecule has 3 heteroatoms. The van der Waals surface area contributed by atoms with E-state index in [2.05, 4.69) is 30.2 Å². The molecule has 1 unspecified atom stereocenters. The summed E-state index contributed by atoms with van der Waals surface area (Å²) in [7, 11) is 1.87. The fraction of sp³-hybridized carbons (Fsp3) is 0.357. The maximum Gasteiger partial charge on any atom is 0.129 e. The molecule has 1 heterocycles. The number of nitrogens with zero attached hydrogens (tertiary/aromatic N) is 2. The van der Waals surface area contributed by atoms with Gasteiger partial charge in [0.15, 0.2) is 0 Å². The molecule has 88 valence electrons. The van der Waals surface area contributed by atoms with Crippen LogP contribution in [-0.2, 0) is 13.5 Å². The van der Waals surface area contributed by atoms with Crippen molar-refractivity contribution in [1.82, 2.24) is 9.78 Å². The lowest BCUT2D eigenvalue weighted by Gasteiger charge is -2.07. The van der Waals surface area contributed by atoms with Crippen molar-refractivity contribution < 1.29 is 0 Å². The van der Waals surface area contributed by atoms with Crippen molar-refractivity contribution in [3.8, 4) is 11.1 Å². The first kappa shape index (κ1) is 10.4. The standard InChI is InChI=1S/C14H17N3/c1-9-3-4-10-5-6-11(7-12(9)10)13-8-16-17(2)14(13)15/h5-9H,3-4,15H2,1-2H3. The van der Waals surface area contributed by atoms with Gasteiger partial charge < -0.3 is 5.73 Å². The van der Waals surface area contributed by atoms with Crippen LogP contribution in [0.15, 0.2) is 24.4 Å². The summed E-state index contributed by atoms with van der Waals surface area (Å²) < 4.78 is 1.71. The van der Waals surface area contributed by atoms with E-state index in [4.69, 9.17) is 5.73 Å². The third-order valence-electron chi connectivity index (χ3n) is 3.82. The molecule has 0 radical (unpaired) electrons. The first-order valence-corrected chi connectivity index (χ1v) is 6.07. The Balaban J connectivity index is 2.11. The molecular formula is C14H17N3. The molecule has 1 aliphatic carbocycles. The lowest BCUT2D eigenvalue weighted by Crippen LogP contribution is -1.98. The van der Waals surface area contributed by atoms with Gasteiger partial charge in [-0.05, 0) is 35.4 Å². The molecule has 17 heavy (non-hydrogen) atoms. The number of nitrogens with two attached hydrogens (primary N) is 1. The third kappa shape index (κ3) is 1.54. The molecule has 1 aliphatic rings. The Hall–Kier alpha value is -1.77. The second-order valence-electron chi connectivity index (χ2n) is 4.92. The van der Waals surface area contributed by atoms with Crippen molar-refractivity contribution in [2.24, 2.45) is 7.05 Å². The molecule has 0 amide bonds. The van der Waals surface area contributed by atoms with Gasteiger partial charge in [0.25, 0.3) is 0 Å². The third-order valence-corrected chi connectivity index (χ3v) is 3.82. The second-order valence-corrected chi connectivity index (χ2v) is 4.92. The van der Waals surface area contributed by atoms with Gasteiger partial charge in [-0.2, -0.15) is 5.10 Å². The summed E-state index contributed by atoms with van der Waals surface area (Å²) in [5, 5.41) is 4.20. The number of benzene rings is 1. The van der Waals surface area contributed by atoms with Gasteiger partial charge >= 0.3 is 0 Å². The Kier molecular flexibility index (Phi) is 2.21. The molecule has 3 nitrogen and oxygen atoms in total. The number of rotatable bonds is 1. The Morgan fingerprint density at radius 3 is 2.94 bits per heavy atom. The summed E-state index contributed by atoms with van der Waals surface area (Å²) in [5.41, 5.74) is 11.2. The zero-order chi connectivity index (χ0) is 12.0. The van der Waals surface area contributed by atoms with Crippen LogP contribution in [0.3, 0.4) is 0 Å². The molecule has 2 aromatic rings. The van der Waals surface area contributed by atoms with E-state index >= 15 is 0 Å². The number of aromatic nitrogens is 2. The van der Waals surface area contributed by atoms with Gasteiger partial charge in [-0.15, -0.1) is 0 Å². The lowest BCUT2D eigenvalue weighted by molar-refractivity contribution is 0.747. The number of fused-ring (bicyclic) bond motifs is 1. The van der Waals surface area contributed by atoms with Crippen LogP contribution >= 0.6 is 0 Å². The van der Waals surface area contributed by atoms with Crippen molar-refractivity contribution in [3.63, 3.8) is 0 Å². The van der Waals surface area contributed by atoms with Gasteiger partial charge in [0, 0.05) is 12.6 Å². The van der Waals surface area contributed by atoms with Crippen molar-refractivity contribution >= 4 is 5.82 Å². The van der Waals surface area contributed by atoms with E-state index in [0.29, 0.717) is 5.92 Å². The average Bonchev–Trinajstić information content (AvgIpc) is 2.85. The van der Waals surface area contributed by atoms with E-state index < -0.39 is 0 Å². The van der Waals surface area contributed by atoms with E-state index in [-0.39, 0.29) is 0 Å². The molecule has 0 saturated heterocycles. The van der Waals surface area contributed by atoms with Crippen LogP contribution in [0.25, 0.3) is 11.1 Å². The first-order chi connectivity index (χ1) is 8.16. The van der Waals surface area contributed by atoms with Crippen LogP contribution in [0.2, 0.25) is 0 Å². The quantitative estimate of drug-likeness (QED) is 0.814. The van der Waals surface area contributed by atoms with Gasteiger partial charge in [0.1, 0.15) is 5.82 Å². The summed E-state index contributed by atoms with van der Waals surface area (Å²) in [6.07, 6.45) is 4.32. The maximum absolute atomic E-state index is 6.01. The topological polar surface area (TPSA) is 43.8 Å². The van der Waals surface area contributed by atoms with E-state index in [9.17, 15) is 0 Å². The number of aryl methyl sites for hydroxylation is 2. The highest BCUT2D eigenvalue weighted by atomic mass is 15.3. The zero-order valence-corrected chi connectivity index (χ0v) is 10.3. The van der Waals surface area contributed by atoms with Gasteiger partial charge in [-0.1, -0.05) is 25.1 Å². The summed E-state index contributed by atoms with van der Waals surface area (Å²) in [6, 6.07) is 6.67. The minimum Gasteiger partial charge on any atom is -0.383 e. The summed E-state index contributed by atoms with van der Waals surface area (Å²) in [5.74, 6) is 1.40. The van der Waals surface area contributed by atoms with Crippen LogP contribution in [-0.4, -0.2) is 9.78 Å². The Morgan fingerprint density at radius 1 is 1.41 bits per heavy atom. The van der Waals surface area contributed by atoms with Crippen LogP contribution in [0.1, 0.15) is 30.4 Å². The van der Waals surface area contributed by atoms with Gasteiger partial charge in [0.2, 0.25) is 0 Å². The molecule has 1 atom stereocenters. The smallest absolute Gasteiger partial charge is 0.129 e. The molecule has 0 spiro atoms. The van der Waals surface area contributed by atoms with Crippen LogP contribution in [0, 0.1) is 0 Å². The molecule has 0 aliphatic heterocycles. The monoisotopic (exact) mass is 227 g/mol. The van der Waals surface area contributed by atoms with Crippen molar-refractivity contribution in [1.29, 1.82) is 0 Å². The number of nitrogen functional groups attached to an aromatic ring is 1. The molecule has 0 bridgehead atoms. The molecule has 0 fully saturated rings. The summed E-state index contributed by atoms with van der Waals surface area (Å²) >= 11 is 0. The Morgan fingerprint density at radius 2 is 2.24 bits per heavy atom. The second kappa shape index (κ2) is 3.62. The molecule has 3 rings (SSSR count). The van der Waals surface area contributed by atoms with Gasteiger partial charge in [-0.3, -0.25) is 4.68 Å². The highest BCUT2D eigenvalue weighted by Crippen LogP contribution is 2.36. The number of hydrogen-bond donors (Lipinski definition) is 1. The predicted octanol–water partition coefficient (Wildman–Crippen LogP) is 2.72. The van der Waals surface area contributed by atoms with Crippen molar-refractivity contribution in [2.45, 2.75) is 25.7 Å². The summed E-state index contributed by atoms with van der Waals surface area (Å²) in [4.78, 5) is 0. The normalized spacial score (nSPS) is 18.4. The molecule has 0 saturated carbocycles. The predicted molar refractivity (Wildman–Crippen MR) is 69.8 cm³/mol. The highest BCUT2D eigenvalue weighted by Gasteiger charge is 2.19. The maximum atomic E-state index is 6.01. The Labute approximate surface area is 101 Å². The fourth-order valence-corrected chi connectivity index (χ4v) is 2.65. The van der Waals surface area contributed by atoms with E-state index in [1.54, 1.807) is 4.68 Å². The van der Waals surface area contributed by atoms with Crippen LogP contribution in [0.4, 0.5) is 5.82 Å². The largest absolute Gasteiger partial charge is 0.383 e. The van der Waals surface area contributed by atoms with Crippen molar-refractivity contribution in [3.05, 3.63) is 35.5 Å². The van der Waals surface area contributed by atoms with Gasteiger partial charge in [0.05, 0.1) is 6.20 Å². The minimum absolute atomic E-state index is 0.669. The van der Waals surface area contributed by atoms with E-state index in [1.807, 2.05) is 13.2 Å². The average molecular weight is 227 g/mol. The molecule has 1 aromatic carbocycles. The SMILES string of the molecule is CC1CCc2ccc(-c3cnn(C)c3N)cc21. The summed E-state index contributed by atoms with van der Waals surface area (Å²) in [6.45, 7) is 2.29. The van der Waals surface area contributed by atoms with Crippen LogP contribution in [0.5, 0.6) is 0 Å². The highest BCUT2D eigenvalue weighted by molar-refractivity contribution is 5.74. The van der Waals surface area contributed by atoms with Gasteiger partial charge in [-0.25, -0.2) is 0 Å². The number of anilines is 1. The Bertz CT molecular complexity index is 569. The number of hydrogen-bond acceptors (Lipinski definition) is 2. The van der Waals surface area contributed by atoms with Crippen LogP contribution < -0.4 is 5.73 Å². The lowest BCUT2D eigenvalue weighted by atomic mass is 9.98. The van der Waals surface area contributed by atoms with E-state index in [1.165, 1.54) is 29.5 Å². The van der Waals surface area contributed by atoms with Crippen molar-refractivity contribution in [2.75, 3.05) is 5.73 Å². The fourth-order valence-electron chi connectivity index (χ4n) is 2.65. The first-order valence-electron chi connectivity index (χ1n) is 6.07. The molecular weight excluding hydrogens is 210 g/mol. The van der Waals surface area contributed by atoms with E-state index in [0.717, 1.165) is 11.4 Å². The molecule has 2 N–H and O–H groups in total. The zero-order valence-electron chi connectivity index (χ0n) is 10.3. The minimum atomic E-state index is 0.669.